The van der Waals surface area contributed by atoms with Gasteiger partial charge in [0.05, 0.1) is 11.5 Å². The lowest BCUT2D eigenvalue weighted by molar-refractivity contribution is -0.143. The molecule has 1 fully saturated rings. The third-order valence-electron chi connectivity index (χ3n) is 3.71. The van der Waals surface area contributed by atoms with Gasteiger partial charge >= 0.3 is 5.97 Å². The fourth-order valence-corrected chi connectivity index (χ4v) is 2.85. The number of carboxylic acid groups (broad SMARTS) is 1. The first-order valence-electron chi connectivity index (χ1n) is 6.68. The number of hydrogen-bond acceptors (Lipinski definition) is 3. The Kier molecular flexibility index (Phi) is 5.11. The van der Waals surface area contributed by atoms with E-state index in [1.54, 1.807) is 12.3 Å². The second-order valence-corrected chi connectivity index (χ2v) is 6.07. The molecular formula is C14H17BrN2O3. The molecule has 1 saturated carbocycles. The quantitative estimate of drug-likeness (QED) is 0.882. The number of carbonyl (C=O) groups is 2. The molecule has 1 aromatic heterocycles. The van der Waals surface area contributed by atoms with Crippen LogP contribution in [0.3, 0.4) is 0 Å². The number of aliphatic carboxylic acids is 1. The summed E-state index contributed by atoms with van der Waals surface area (Å²) in [7, 11) is 0. The normalized spacial score (nSPS) is 22.2. The van der Waals surface area contributed by atoms with E-state index in [0.29, 0.717) is 30.9 Å². The van der Waals surface area contributed by atoms with Crippen molar-refractivity contribution in [2.45, 2.75) is 25.7 Å². The molecular weight excluding hydrogens is 324 g/mol. The lowest BCUT2D eigenvalue weighted by Crippen LogP contribution is -2.32. The summed E-state index contributed by atoms with van der Waals surface area (Å²) in [6.45, 7) is 0.595. The minimum atomic E-state index is -0.701. The average Bonchev–Trinajstić information content (AvgIpc) is 2.45. The number of nitrogens with zero attached hydrogens (tertiary/aromatic N) is 1. The summed E-state index contributed by atoms with van der Waals surface area (Å²) in [6, 6.07) is 1.73. The van der Waals surface area contributed by atoms with Crippen molar-refractivity contribution in [3.05, 3.63) is 28.5 Å². The lowest BCUT2D eigenvalue weighted by atomic mass is 9.82. The second kappa shape index (κ2) is 6.83. The summed E-state index contributed by atoms with van der Waals surface area (Å²) >= 11 is 3.28. The molecule has 2 rings (SSSR count). The highest BCUT2D eigenvalue weighted by atomic mass is 79.9. The molecule has 0 unspecified atom stereocenters. The van der Waals surface area contributed by atoms with Crippen molar-refractivity contribution in [3.8, 4) is 0 Å². The number of pyridine rings is 1. The van der Waals surface area contributed by atoms with Gasteiger partial charge in [0.1, 0.15) is 0 Å². The Morgan fingerprint density at radius 3 is 2.60 bits per heavy atom. The summed E-state index contributed by atoms with van der Waals surface area (Å²) in [5, 5.41) is 11.8. The van der Waals surface area contributed by atoms with E-state index in [2.05, 4.69) is 26.2 Å². The molecule has 6 heteroatoms. The van der Waals surface area contributed by atoms with E-state index in [1.807, 2.05) is 0 Å². The van der Waals surface area contributed by atoms with Gasteiger partial charge < -0.3 is 10.4 Å². The van der Waals surface area contributed by atoms with Crippen LogP contribution in [0.4, 0.5) is 0 Å². The van der Waals surface area contributed by atoms with Gasteiger partial charge in [0, 0.05) is 23.4 Å². The van der Waals surface area contributed by atoms with Crippen LogP contribution in [0.1, 0.15) is 36.0 Å². The Balaban J connectivity index is 1.79. The summed E-state index contributed by atoms with van der Waals surface area (Å²) in [6.07, 6.45) is 6.27. The molecule has 1 aliphatic carbocycles. The topological polar surface area (TPSA) is 79.3 Å². The Labute approximate surface area is 125 Å². The first kappa shape index (κ1) is 15.0. The number of hydrogen-bond donors (Lipinski definition) is 2. The molecule has 1 heterocycles. The van der Waals surface area contributed by atoms with Gasteiger partial charge in [-0.05, 0) is 53.6 Å². The minimum Gasteiger partial charge on any atom is -0.481 e. The molecule has 0 aliphatic heterocycles. The molecule has 20 heavy (non-hydrogen) atoms. The standard InChI is InChI=1S/C14H17BrN2O3/c15-12-5-11(7-16-8-12)13(18)17-6-9-1-3-10(4-2-9)14(19)20/h5,7-10H,1-4,6H2,(H,17,18)(H,19,20). The molecule has 0 aromatic carbocycles. The smallest absolute Gasteiger partial charge is 0.306 e. The van der Waals surface area contributed by atoms with Crippen LogP contribution in [0, 0.1) is 11.8 Å². The van der Waals surface area contributed by atoms with Crippen molar-refractivity contribution in [1.29, 1.82) is 0 Å². The highest BCUT2D eigenvalue weighted by Crippen LogP contribution is 2.28. The molecule has 2 N–H and O–H groups in total. The van der Waals surface area contributed by atoms with E-state index in [-0.39, 0.29) is 11.8 Å². The SMILES string of the molecule is O=C(NCC1CCC(C(=O)O)CC1)c1cncc(Br)c1. The van der Waals surface area contributed by atoms with Gasteiger partial charge in [-0.2, -0.15) is 0 Å². The molecule has 1 aromatic rings. The molecule has 0 saturated heterocycles. The second-order valence-electron chi connectivity index (χ2n) is 5.16. The summed E-state index contributed by atoms with van der Waals surface area (Å²) in [5.74, 6) is -0.683. The van der Waals surface area contributed by atoms with Gasteiger partial charge in [0.25, 0.3) is 5.91 Å². The van der Waals surface area contributed by atoms with E-state index in [9.17, 15) is 9.59 Å². The number of carboxylic acids is 1. The summed E-state index contributed by atoms with van der Waals surface area (Å²) < 4.78 is 0.770. The Morgan fingerprint density at radius 2 is 2.00 bits per heavy atom. The zero-order valence-corrected chi connectivity index (χ0v) is 12.6. The number of rotatable bonds is 4. The number of aromatic nitrogens is 1. The van der Waals surface area contributed by atoms with Gasteiger partial charge in [0.2, 0.25) is 0 Å². The maximum atomic E-state index is 11.9. The largest absolute Gasteiger partial charge is 0.481 e. The average molecular weight is 341 g/mol. The van der Waals surface area contributed by atoms with Crippen molar-refractivity contribution >= 4 is 27.8 Å². The summed E-state index contributed by atoms with van der Waals surface area (Å²) in [4.78, 5) is 26.8. The summed E-state index contributed by atoms with van der Waals surface area (Å²) in [5.41, 5.74) is 0.526. The first-order valence-corrected chi connectivity index (χ1v) is 7.47. The van der Waals surface area contributed by atoms with Crippen LogP contribution in [0.25, 0.3) is 0 Å². The molecule has 5 nitrogen and oxygen atoms in total. The van der Waals surface area contributed by atoms with Gasteiger partial charge in [-0.25, -0.2) is 0 Å². The van der Waals surface area contributed by atoms with E-state index in [4.69, 9.17) is 5.11 Å². The lowest BCUT2D eigenvalue weighted by Gasteiger charge is -2.26. The molecule has 0 bridgehead atoms. The molecule has 1 aliphatic rings. The van der Waals surface area contributed by atoms with Crippen LogP contribution in [0.15, 0.2) is 22.9 Å². The minimum absolute atomic E-state index is 0.140. The Morgan fingerprint density at radius 1 is 1.30 bits per heavy atom. The van der Waals surface area contributed by atoms with E-state index < -0.39 is 5.97 Å². The van der Waals surface area contributed by atoms with Gasteiger partial charge in [-0.1, -0.05) is 0 Å². The Hall–Kier alpha value is -1.43. The molecule has 0 spiro atoms. The van der Waals surface area contributed by atoms with Crippen molar-refractivity contribution in [1.82, 2.24) is 10.3 Å². The zero-order valence-electron chi connectivity index (χ0n) is 11.0. The monoisotopic (exact) mass is 340 g/mol. The van der Waals surface area contributed by atoms with Gasteiger partial charge in [-0.15, -0.1) is 0 Å². The molecule has 1 amide bonds. The fourth-order valence-electron chi connectivity index (χ4n) is 2.49. The Bertz CT molecular complexity index is 499. The molecule has 108 valence electrons. The van der Waals surface area contributed by atoms with Crippen LogP contribution < -0.4 is 5.32 Å². The number of amides is 1. The predicted molar refractivity (Wildman–Crippen MR) is 77.4 cm³/mol. The zero-order chi connectivity index (χ0) is 14.5. The van der Waals surface area contributed by atoms with Crippen LogP contribution >= 0.6 is 15.9 Å². The van der Waals surface area contributed by atoms with E-state index >= 15 is 0 Å². The highest BCUT2D eigenvalue weighted by Gasteiger charge is 2.26. The third kappa shape index (κ3) is 4.03. The highest BCUT2D eigenvalue weighted by molar-refractivity contribution is 9.10. The third-order valence-corrected chi connectivity index (χ3v) is 4.15. The van der Waals surface area contributed by atoms with Crippen LogP contribution in [-0.4, -0.2) is 28.5 Å². The molecule has 0 atom stereocenters. The van der Waals surface area contributed by atoms with Crippen LogP contribution in [0.5, 0.6) is 0 Å². The van der Waals surface area contributed by atoms with Crippen molar-refractivity contribution in [3.63, 3.8) is 0 Å². The number of carbonyl (C=O) groups excluding carboxylic acids is 1. The van der Waals surface area contributed by atoms with E-state index in [1.165, 1.54) is 6.20 Å². The van der Waals surface area contributed by atoms with E-state index in [0.717, 1.165) is 17.3 Å². The number of halogens is 1. The van der Waals surface area contributed by atoms with Crippen molar-refractivity contribution < 1.29 is 14.7 Å². The van der Waals surface area contributed by atoms with Crippen LogP contribution in [-0.2, 0) is 4.79 Å². The van der Waals surface area contributed by atoms with Crippen molar-refractivity contribution in [2.24, 2.45) is 11.8 Å². The fraction of sp³-hybridized carbons (Fsp3) is 0.500. The van der Waals surface area contributed by atoms with Gasteiger partial charge in [0.15, 0.2) is 0 Å². The maximum Gasteiger partial charge on any atom is 0.306 e. The maximum absolute atomic E-state index is 11.9. The first-order chi connectivity index (χ1) is 9.56. The van der Waals surface area contributed by atoms with Crippen LogP contribution in [0.2, 0.25) is 0 Å². The molecule has 0 radical (unpaired) electrons. The van der Waals surface area contributed by atoms with Gasteiger partial charge in [-0.3, -0.25) is 14.6 Å². The van der Waals surface area contributed by atoms with Crippen molar-refractivity contribution in [2.75, 3.05) is 6.54 Å². The number of nitrogens with one attached hydrogen (secondary N) is 1. The predicted octanol–water partition coefficient (Wildman–Crippen LogP) is 2.46.